The summed E-state index contributed by atoms with van der Waals surface area (Å²) in [6.07, 6.45) is 17.2. The quantitative estimate of drug-likeness (QED) is 0.291. The molecule has 0 heterocycles. The smallest absolute Gasteiger partial charge is 0.205 e. The van der Waals surface area contributed by atoms with Gasteiger partial charge in [-0.2, -0.15) is 8.78 Å². The molecule has 1 fully saturated rings. The Kier molecular flexibility index (Phi) is 6.99. The zero-order valence-corrected chi connectivity index (χ0v) is 15.6. The van der Waals surface area contributed by atoms with Gasteiger partial charge in [-0.15, -0.1) is 6.58 Å². The van der Waals surface area contributed by atoms with E-state index in [1.165, 1.54) is 37.5 Å². The molecule has 0 nitrogen and oxygen atoms in total. The van der Waals surface area contributed by atoms with Gasteiger partial charge in [0.2, 0.25) is 0 Å². The fourth-order valence-corrected chi connectivity index (χ4v) is 4.96. The predicted octanol–water partition coefficient (Wildman–Crippen LogP) is 7.92. The maximum absolute atomic E-state index is 15.1. The van der Waals surface area contributed by atoms with Crippen molar-refractivity contribution in [2.75, 3.05) is 0 Å². The zero-order chi connectivity index (χ0) is 18.4. The standard InChI is InChI=1S/C22H33F3/c1-3-5-6-7-8-10-15-20(16-11-9-12-17-20)21(4-2)18-13-14-19(23)22(21,24)25/h4,13-14,18H,2-3,5-12,15-17H2,1H3. The van der Waals surface area contributed by atoms with Gasteiger partial charge in [0, 0.05) is 0 Å². The molecule has 0 aliphatic heterocycles. The predicted molar refractivity (Wildman–Crippen MR) is 99.4 cm³/mol. The maximum Gasteiger partial charge on any atom is 0.311 e. The molecule has 1 saturated carbocycles. The van der Waals surface area contributed by atoms with Crippen LogP contribution in [-0.2, 0) is 0 Å². The highest BCUT2D eigenvalue weighted by molar-refractivity contribution is 5.36. The number of allylic oxidation sites excluding steroid dienone is 5. The molecule has 0 saturated heterocycles. The lowest BCUT2D eigenvalue weighted by molar-refractivity contribution is -0.134. The lowest BCUT2D eigenvalue weighted by atomic mass is 9.51. The maximum atomic E-state index is 15.1. The molecule has 0 bridgehead atoms. The Hall–Kier alpha value is -0.990. The summed E-state index contributed by atoms with van der Waals surface area (Å²) in [5.74, 6) is -4.81. The van der Waals surface area contributed by atoms with Crippen LogP contribution >= 0.6 is 0 Å². The summed E-state index contributed by atoms with van der Waals surface area (Å²) < 4.78 is 44.2. The van der Waals surface area contributed by atoms with E-state index in [-0.39, 0.29) is 0 Å². The van der Waals surface area contributed by atoms with Crippen molar-refractivity contribution in [1.82, 2.24) is 0 Å². The summed E-state index contributed by atoms with van der Waals surface area (Å²) in [5.41, 5.74) is -2.17. The Bertz CT molecular complexity index is 497. The summed E-state index contributed by atoms with van der Waals surface area (Å²) in [6, 6.07) is 0. The van der Waals surface area contributed by atoms with Crippen molar-refractivity contribution in [3.05, 3.63) is 36.7 Å². The largest absolute Gasteiger partial charge is 0.311 e. The third-order valence-corrected chi connectivity index (χ3v) is 6.44. The first kappa shape index (κ1) is 20.3. The van der Waals surface area contributed by atoms with Crippen LogP contribution in [0.1, 0.15) is 84.0 Å². The van der Waals surface area contributed by atoms with Crippen LogP contribution in [0.2, 0.25) is 0 Å². The van der Waals surface area contributed by atoms with Gasteiger partial charge in [-0.1, -0.05) is 82.9 Å². The van der Waals surface area contributed by atoms with Crippen LogP contribution in [0.3, 0.4) is 0 Å². The van der Waals surface area contributed by atoms with E-state index in [9.17, 15) is 4.39 Å². The van der Waals surface area contributed by atoms with Gasteiger partial charge in [-0.25, -0.2) is 4.39 Å². The lowest BCUT2D eigenvalue weighted by Gasteiger charge is -2.54. The first-order valence-electron chi connectivity index (χ1n) is 10.0. The van der Waals surface area contributed by atoms with E-state index in [4.69, 9.17) is 0 Å². The molecular formula is C22H33F3. The monoisotopic (exact) mass is 354 g/mol. The Morgan fingerprint density at radius 2 is 1.68 bits per heavy atom. The molecule has 0 amide bonds. The van der Waals surface area contributed by atoms with Crippen LogP contribution in [0, 0.1) is 10.8 Å². The first-order chi connectivity index (χ1) is 12.0. The normalized spacial score (nSPS) is 27.8. The van der Waals surface area contributed by atoms with Crippen molar-refractivity contribution in [3.63, 3.8) is 0 Å². The molecular weight excluding hydrogens is 321 g/mol. The SMILES string of the molecule is C=CC1(C2(CCCCCCCC)CCCCC2)C=CC=C(F)C1(F)F. The second-order valence-corrected chi connectivity index (χ2v) is 7.88. The van der Waals surface area contributed by atoms with Crippen LogP contribution in [0.15, 0.2) is 36.7 Å². The fraction of sp³-hybridized carbons (Fsp3) is 0.727. The van der Waals surface area contributed by atoms with Crippen LogP contribution in [0.25, 0.3) is 0 Å². The van der Waals surface area contributed by atoms with Crippen molar-refractivity contribution in [2.45, 2.75) is 89.9 Å². The van der Waals surface area contributed by atoms with Crippen molar-refractivity contribution in [2.24, 2.45) is 10.8 Å². The Labute approximate surface area is 151 Å². The highest BCUT2D eigenvalue weighted by atomic mass is 19.3. The molecule has 2 aliphatic rings. The van der Waals surface area contributed by atoms with Gasteiger partial charge in [-0.05, 0) is 30.8 Å². The molecule has 2 rings (SSSR count). The Balaban J connectivity index is 2.21. The second kappa shape index (κ2) is 8.60. The topological polar surface area (TPSA) is 0 Å². The minimum Gasteiger partial charge on any atom is -0.205 e. The van der Waals surface area contributed by atoms with Crippen LogP contribution in [0.4, 0.5) is 13.2 Å². The van der Waals surface area contributed by atoms with Crippen molar-refractivity contribution in [1.29, 1.82) is 0 Å². The highest BCUT2D eigenvalue weighted by Crippen LogP contribution is 2.63. The van der Waals surface area contributed by atoms with Crippen LogP contribution in [-0.4, -0.2) is 5.92 Å². The molecule has 3 heteroatoms. The average molecular weight is 354 g/mol. The van der Waals surface area contributed by atoms with Gasteiger partial charge in [0.05, 0.1) is 5.41 Å². The van der Waals surface area contributed by atoms with Crippen molar-refractivity contribution in [3.8, 4) is 0 Å². The summed E-state index contributed by atoms with van der Waals surface area (Å²) in [4.78, 5) is 0. The van der Waals surface area contributed by atoms with E-state index >= 15 is 8.78 Å². The van der Waals surface area contributed by atoms with Gasteiger partial charge < -0.3 is 0 Å². The second-order valence-electron chi connectivity index (χ2n) is 7.88. The van der Waals surface area contributed by atoms with Crippen molar-refractivity contribution < 1.29 is 13.2 Å². The number of alkyl halides is 2. The first-order valence-corrected chi connectivity index (χ1v) is 10.0. The lowest BCUT2D eigenvalue weighted by Crippen LogP contribution is -2.53. The zero-order valence-electron chi connectivity index (χ0n) is 15.6. The summed E-state index contributed by atoms with van der Waals surface area (Å²) in [5, 5.41) is 0. The van der Waals surface area contributed by atoms with E-state index in [0.717, 1.165) is 63.9 Å². The number of halogens is 3. The number of rotatable bonds is 9. The molecule has 0 spiro atoms. The molecule has 1 unspecified atom stereocenters. The Morgan fingerprint density at radius 1 is 1.04 bits per heavy atom. The Morgan fingerprint density at radius 3 is 2.32 bits per heavy atom. The fourth-order valence-electron chi connectivity index (χ4n) is 4.96. The molecule has 142 valence electrons. The third-order valence-electron chi connectivity index (χ3n) is 6.44. The van der Waals surface area contributed by atoms with Gasteiger partial charge in [0.1, 0.15) is 0 Å². The summed E-state index contributed by atoms with van der Waals surface area (Å²) in [7, 11) is 0. The van der Waals surface area contributed by atoms with Gasteiger partial charge in [-0.3, -0.25) is 0 Å². The van der Waals surface area contributed by atoms with E-state index in [1.54, 1.807) is 0 Å². The minimum absolute atomic E-state index is 0.580. The number of hydrogen-bond donors (Lipinski definition) is 0. The van der Waals surface area contributed by atoms with Gasteiger partial charge in [0.15, 0.2) is 5.83 Å². The highest BCUT2D eigenvalue weighted by Gasteiger charge is 2.64. The molecule has 25 heavy (non-hydrogen) atoms. The molecule has 0 aromatic heterocycles. The number of unbranched alkanes of at least 4 members (excludes halogenated alkanes) is 5. The minimum atomic E-state index is -3.50. The molecule has 0 radical (unpaired) electrons. The van der Waals surface area contributed by atoms with Gasteiger partial charge >= 0.3 is 5.92 Å². The third kappa shape index (κ3) is 3.75. The van der Waals surface area contributed by atoms with E-state index < -0.39 is 22.6 Å². The molecule has 0 aromatic carbocycles. The summed E-state index contributed by atoms with van der Waals surface area (Å²) in [6.45, 7) is 5.94. The molecule has 1 atom stereocenters. The van der Waals surface area contributed by atoms with Crippen molar-refractivity contribution >= 4 is 0 Å². The summed E-state index contributed by atoms with van der Waals surface area (Å²) >= 11 is 0. The average Bonchev–Trinajstić information content (AvgIpc) is 2.61. The van der Waals surface area contributed by atoms with E-state index in [1.807, 2.05) is 0 Å². The molecule has 2 aliphatic carbocycles. The van der Waals surface area contributed by atoms with E-state index in [2.05, 4.69) is 13.5 Å². The van der Waals surface area contributed by atoms with Crippen LogP contribution < -0.4 is 0 Å². The van der Waals surface area contributed by atoms with E-state index in [0.29, 0.717) is 0 Å². The van der Waals surface area contributed by atoms with Gasteiger partial charge in [0.25, 0.3) is 0 Å². The molecule has 0 aromatic rings. The molecule has 0 N–H and O–H groups in total. The van der Waals surface area contributed by atoms with Crippen LogP contribution in [0.5, 0.6) is 0 Å². The number of hydrogen-bond acceptors (Lipinski definition) is 0.